The van der Waals surface area contributed by atoms with Crippen LogP contribution >= 0.6 is 35.1 Å². The Morgan fingerprint density at radius 3 is 2.27 bits per heavy atom. The molecule has 37 heavy (non-hydrogen) atoms. The molecule has 1 saturated heterocycles. The van der Waals surface area contributed by atoms with E-state index in [9.17, 15) is 9.18 Å². The largest absolute Gasteiger partial charge is 0.493 e. The molecule has 0 unspecified atom stereocenters. The van der Waals surface area contributed by atoms with E-state index in [1.165, 1.54) is 18.0 Å². The number of nitrogens with one attached hydrogen (secondary N) is 1. The molecule has 5 nitrogen and oxygen atoms in total. The minimum atomic E-state index is -0.511. The van der Waals surface area contributed by atoms with Crippen LogP contribution in [0.15, 0.2) is 30.3 Å². The predicted molar refractivity (Wildman–Crippen MR) is 149 cm³/mol. The van der Waals surface area contributed by atoms with Gasteiger partial charge in [0.15, 0.2) is 0 Å². The summed E-state index contributed by atoms with van der Waals surface area (Å²) in [6.07, 6.45) is 6.39. The standard InChI is InChI=1S/C26H29Cl2FN2O2S.C2H6O/c27-19-9-17(10-20(28)11-19)14-31-7-5-16(6-8-31)15-33-25-13-24(29)23(12-22(25)18-1-2-18)26(32)30-34-21-3-4-21;1-3-2/h9-13,16,18,21H,1-8,14-15H2,(H,30,32);1-2H3. The molecule has 0 aromatic heterocycles. The predicted octanol–water partition coefficient (Wildman–Crippen LogP) is 7.10. The van der Waals surface area contributed by atoms with Gasteiger partial charge in [0.05, 0.1) is 12.2 Å². The maximum Gasteiger partial charge on any atom is 0.264 e. The number of nitrogens with zero attached hydrogens (tertiary/aromatic N) is 1. The van der Waals surface area contributed by atoms with Crippen LogP contribution in [0.2, 0.25) is 10.0 Å². The lowest BCUT2D eigenvalue weighted by atomic mass is 9.97. The van der Waals surface area contributed by atoms with Crippen LogP contribution in [0.5, 0.6) is 5.75 Å². The summed E-state index contributed by atoms with van der Waals surface area (Å²) in [6, 6.07) is 8.81. The summed E-state index contributed by atoms with van der Waals surface area (Å²) < 4.78 is 28.0. The number of likely N-dealkylation sites (tertiary alicyclic amines) is 1. The van der Waals surface area contributed by atoms with E-state index in [1.807, 2.05) is 12.1 Å². The average molecular weight is 570 g/mol. The molecule has 1 N–H and O–H groups in total. The van der Waals surface area contributed by atoms with Crippen molar-refractivity contribution in [2.75, 3.05) is 33.9 Å². The molecule has 0 radical (unpaired) electrons. The fourth-order valence-corrected chi connectivity index (χ4v) is 5.77. The Morgan fingerprint density at radius 1 is 1.03 bits per heavy atom. The third-order valence-electron chi connectivity index (χ3n) is 6.71. The minimum absolute atomic E-state index is 0.122. The summed E-state index contributed by atoms with van der Waals surface area (Å²) in [5, 5.41) is 1.80. The Balaban J connectivity index is 0.00000102. The first kappa shape index (κ1) is 28.5. The van der Waals surface area contributed by atoms with Crippen molar-refractivity contribution in [1.29, 1.82) is 0 Å². The molecule has 2 aromatic carbocycles. The van der Waals surface area contributed by atoms with Gasteiger partial charge < -0.3 is 9.47 Å². The van der Waals surface area contributed by atoms with Crippen molar-refractivity contribution in [2.45, 2.75) is 56.2 Å². The van der Waals surface area contributed by atoms with Crippen LogP contribution in [0.4, 0.5) is 4.39 Å². The second-order valence-electron chi connectivity index (χ2n) is 10.1. The number of amides is 1. The summed E-state index contributed by atoms with van der Waals surface area (Å²) in [4.78, 5) is 14.9. The van der Waals surface area contributed by atoms with Gasteiger partial charge >= 0.3 is 0 Å². The summed E-state index contributed by atoms with van der Waals surface area (Å²) in [5.74, 6) is 0.527. The number of rotatable bonds is 9. The van der Waals surface area contributed by atoms with Gasteiger partial charge in [-0.05, 0) is 111 Å². The zero-order chi connectivity index (χ0) is 26.4. The van der Waals surface area contributed by atoms with Crippen molar-refractivity contribution in [1.82, 2.24) is 9.62 Å². The highest BCUT2D eigenvalue weighted by molar-refractivity contribution is 7.98. The summed E-state index contributed by atoms with van der Waals surface area (Å²) in [7, 11) is 3.25. The Labute approximate surface area is 233 Å². The van der Waals surface area contributed by atoms with E-state index in [4.69, 9.17) is 27.9 Å². The van der Waals surface area contributed by atoms with Gasteiger partial charge in [-0.3, -0.25) is 14.4 Å². The number of hydrogen-bond acceptors (Lipinski definition) is 5. The topological polar surface area (TPSA) is 50.8 Å². The number of methoxy groups -OCH3 is 1. The van der Waals surface area contributed by atoms with E-state index < -0.39 is 5.82 Å². The highest BCUT2D eigenvalue weighted by Gasteiger charge is 2.31. The molecule has 0 atom stereocenters. The molecule has 9 heteroatoms. The van der Waals surface area contributed by atoms with Crippen LogP contribution in [0.3, 0.4) is 0 Å². The molecule has 1 heterocycles. The number of hydrogen-bond donors (Lipinski definition) is 1. The number of carbonyl (C=O) groups is 1. The first-order valence-electron chi connectivity index (χ1n) is 12.9. The van der Waals surface area contributed by atoms with Gasteiger partial charge in [0.2, 0.25) is 0 Å². The van der Waals surface area contributed by atoms with Crippen molar-refractivity contribution in [2.24, 2.45) is 5.92 Å². The molecule has 0 bridgehead atoms. The van der Waals surface area contributed by atoms with E-state index in [0.29, 0.717) is 39.5 Å². The second kappa shape index (κ2) is 13.5. The fraction of sp³-hybridized carbons (Fsp3) is 0.536. The van der Waals surface area contributed by atoms with E-state index >= 15 is 0 Å². The van der Waals surface area contributed by atoms with Crippen LogP contribution in [-0.4, -0.2) is 50.0 Å². The Kier molecular flexibility index (Phi) is 10.4. The normalized spacial score (nSPS) is 18.2. The SMILES string of the molecule is COC.O=C(NSC1CC1)c1cc(C2CC2)c(OCC2CCN(Cc3cc(Cl)cc(Cl)c3)CC2)cc1F. The van der Waals surface area contributed by atoms with Crippen LogP contribution in [0.25, 0.3) is 0 Å². The van der Waals surface area contributed by atoms with E-state index in [2.05, 4.69) is 14.4 Å². The van der Waals surface area contributed by atoms with Crippen molar-refractivity contribution in [3.63, 3.8) is 0 Å². The molecular weight excluding hydrogens is 534 g/mol. The van der Waals surface area contributed by atoms with Gasteiger partial charge in [-0.1, -0.05) is 23.2 Å². The second-order valence-corrected chi connectivity index (χ2v) is 12.1. The van der Waals surface area contributed by atoms with Crippen LogP contribution in [0, 0.1) is 11.7 Å². The quantitative estimate of drug-likeness (QED) is 0.327. The maximum atomic E-state index is 14.8. The van der Waals surface area contributed by atoms with Crippen LogP contribution in [0.1, 0.15) is 65.9 Å². The molecular formula is C28H35Cl2FN2O3S. The summed E-state index contributed by atoms with van der Waals surface area (Å²) >= 11 is 13.7. The molecule has 3 aliphatic rings. The first-order valence-corrected chi connectivity index (χ1v) is 14.5. The Hall–Kier alpha value is -1.51. The minimum Gasteiger partial charge on any atom is -0.493 e. The van der Waals surface area contributed by atoms with Gasteiger partial charge in [0.25, 0.3) is 5.91 Å². The fourth-order valence-electron chi connectivity index (χ4n) is 4.44. The highest BCUT2D eigenvalue weighted by Crippen LogP contribution is 2.45. The van der Waals surface area contributed by atoms with Crippen molar-refractivity contribution >= 4 is 41.1 Å². The lowest BCUT2D eigenvalue weighted by molar-refractivity contribution is 0.0980. The zero-order valence-electron chi connectivity index (χ0n) is 21.4. The van der Waals surface area contributed by atoms with Gasteiger partial charge in [0, 0.05) is 42.1 Å². The smallest absolute Gasteiger partial charge is 0.264 e. The molecule has 0 spiro atoms. The van der Waals surface area contributed by atoms with Crippen molar-refractivity contribution < 1.29 is 18.7 Å². The number of halogens is 3. The highest BCUT2D eigenvalue weighted by atomic mass is 35.5. The molecule has 2 aliphatic carbocycles. The van der Waals surface area contributed by atoms with Gasteiger partial charge in [-0.2, -0.15) is 0 Å². The van der Waals surface area contributed by atoms with Crippen LogP contribution < -0.4 is 9.46 Å². The molecule has 5 rings (SSSR count). The maximum absolute atomic E-state index is 14.8. The number of ether oxygens (including phenoxy) is 2. The monoisotopic (exact) mass is 568 g/mol. The molecule has 1 amide bonds. The average Bonchev–Trinajstić information content (AvgIpc) is 3.77. The van der Waals surface area contributed by atoms with Crippen LogP contribution in [-0.2, 0) is 11.3 Å². The molecule has 202 valence electrons. The third-order valence-corrected chi connectivity index (χ3v) is 8.26. The van der Waals surface area contributed by atoms with Gasteiger partial charge in [-0.25, -0.2) is 4.39 Å². The zero-order valence-corrected chi connectivity index (χ0v) is 23.7. The van der Waals surface area contributed by atoms with Gasteiger partial charge in [0.1, 0.15) is 11.6 Å². The van der Waals surface area contributed by atoms with E-state index in [0.717, 1.165) is 69.3 Å². The molecule has 2 aromatic rings. The Bertz CT molecular complexity index is 1050. The third kappa shape index (κ3) is 8.75. The lowest BCUT2D eigenvalue weighted by Gasteiger charge is -2.32. The molecule has 2 saturated carbocycles. The number of carbonyl (C=O) groups excluding carboxylic acids is 1. The number of piperidine rings is 1. The Morgan fingerprint density at radius 2 is 1.68 bits per heavy atom. The van der Waals surface area contributed by atoms with Crippen molar-refractivity contribution in [3.8, 4) is 5.75 Å². The van der Waals surface area contributed by atoms with Crippen molar-refractivity contribution in [3.05, 3.63) is 62.9 Å². The van der Waals surface area contributed by atoms with Gasteiger partial charge in [-0.15, -0.1) is 0 Å². The molecule has 1 aliphatic heterocycles. The molecule has 3 fully saturated rings. The number of benzene rings is 2. The van der Waals surface area contributed by atoms with E-state index in [-0.39, 0.29) is 11.5 Å². The van der Waals surface area contributed by atoms with E-state index in [1.54, 1.807) is 26.4 Å². The summed E-state index contributed by atoms with van der Waals surface area (Å²) in [5.41, 5.74) is 2.21. The lowest BCUT2D eigenvalue weighted by Crippen LogP contribution is -2.35. The summed E-state index contributed by atoms with van der Waals surface area (Å²) in [6.45, 7) is 3.34. The first-order chi connectivity index (χ1) is 17.9.